The average Bonchev–Trinajstić information content (AvgIpc) is 2.57. The summed E-state index contributed by atoms with van der Waals surface area (Å²) in [5.41, 5.74) is 0.131. The van der Waals surface area contributed by atoms with Gasteiger partial charge in [0.15, 0.2) is 0 Å². The molecular weight excluding hydrogens is 308 g/mol. The highest BCUT2D eigenvalue weighted by atomic mass is 16.5. The Bertz CT molecular complexity index is 917. The topological polar surface area (TPSA) is 111 Å². The van der Waals surface area contributed by atoms with Gasteiger partial charge in [0.1, 0.15) is 0 Å². The van der Waals surface area contributed by atoms with Crippen molar-refractivity contribution in [3.05, 3.63) is 46.5 Å². The number of nitriles is 2. The summed E-state index contributed by atoms with van der Waals surface area (Å²) in [5.74, 6) is -1.77. The van der Waals surface area contributed by atoms with Crippen LogP contribution in [0.3, 0.4) is 0 Å². The van der Waals surface area contributed by atoms with Gasteiger partial charge < -0.3 is 9.84 Å². The van der Waals surface area contributed by atoms with Gasteiger partial charge >= 0.3 is 11.9 Å². The van der Waals surface area contributed by atoms with Gasteiger partial charge in [0.05, 0.1) is 41.0 Å². The third-order valence-corrected chi connectivity index (χ3v) is 3.40. The van der Waals surface area contributed by atoms with Gasteiger partial charge in [-0.05, 0) is 30.2 Å². The third-order valence-electron chi connectivity index (χ3n) is 3.40. The minimum atomic E-state index is -1.24. The lowest BCUT2D eigenvalue weighted by atomic mass is 9.92. The molecule has 1 N–H and O–H groups in total. The van der Waals surface area contributed by atoms with E-state index in [9.17, 15) is 25.2 Å². The Hall–Kier alpha value is -3.38. The highest BCUT2D eigenvalue weighted by Gasteiger charge is 2.21. The van der Waals surface area contributed by atoms with Crippen LogP contribution >= 0.6 is 0 Å². The van der Waals surface area contributed by atoms with Crippen LogP contribution in [0.1, 0.15) is 45.7 Å². The number of rotatable bonds is 4. The summed E-state index contributed by atoms with van der Waals surface area (Å²) in [6.07, 6.45) is 0. The van der Waals surface area contributed by atoms with Crippen LogP contribution in [-0.2, 0) is 4.74 Å². The van der Waals surface area contributed by atoms with E-state index in [0.29, 0.717) is 0 Å². The molecule has 0 atom stereocenters. The number of benzene rings is 2. The largest absolute Gasteiger partial charge is 0.478 e. The molecule has 0 unspecified atom stereocenters. The van der Waals surface area contributed by atoms with Gasteiger partial charge in [0.25, 0.3) is 0 Å². The molecule has 6 nitrogen and oxygen atoms in total. The number of carboxylic acid groups (broad SMARTS) is 1. The molecule has 2 aromatic carbocycles. The van der Waals surface area contributed by atoms with Gasteiger partial charge in [0, 0.05) is 10.8 Å². The SMILES string of the molecule is CC(C)COC(=O)c1ccc(C#N)c2c(C(=O)O)ccc(C#N)c12. The summed E-state index contributed by atoms with van der Waals surface area (Å²) < 4.78 is 5.19. The van der Waals surface area contributed by atoms with Crippen molar-refractivity contribution in [3.63, 3.8) is 0 Å². The van der Waals surface area contributed by atoms with E-state index in [1.165, 1.54) is 24.3 Å². The van der Waals surface area contributed by atoms with Crippen LogP contribution in [0.15, 0.2) is 24.3 Å². The molecule has 2 rings (SSSR count). The number of hydrogen-bond acceptors (Lipinski definition) is 5. The molecule has 2 aromatic rings. The number of ether oxygens (including phenoxy) is 1. The third kappa shape index (κ3) is 3.04. The van der Waals surface area contributed by atoms with Gasteiger partial charge in [-0.3, -0.25) is 0 Å². The second-order valence-corrected chi connectivity index (χ2v) is 5.59. The van der Waals surface area contributed by atoms with Crippen molar-refractivity contribution in [1.82, 2.24) is 0 Å². The van der Waals surface area contributed by atoms with Crippen molar-refractivity contribution >= 4 is 22.7 Å². The maximum Gasteiger partial charge on any atom is 0.338 e. The van der Waals surface area contributed by atoms with Gasteiger partial charge in [-0.25, -0.2) is 9.59 Å². The Kier molecular flexibility index (Phi) is 4.81. The molecule has 0 spiro atoms. The van der Waals surface area contributed by atoms with Crippen LogP contribution < -0.4 is 0 Å². The summed E-state index contributed by atoms with van der Waals surface area (Å²) in [6.45, 7) is 3.96. The Morgan fingerprint density at radius 3 is 2.00 bits per heavy atom. The molecule has 120 valence electrons. The molecule has 0 saturated carbocycles. The van der Waals surface area contributed by atoms with E-state index in [0.717, 1.165) is 0 Å². The molecule has 0 radical (unpaired) electrons. The number of aromatic carboxylic acids is 1. The first-order chi connectivity index (χ1) is 11.4. The van der Waals surface area contributed by atoms with Gasteiger partial charge in [0.2, 0.25) is 0 Å². The number of esters is 1. The molecule has 0 bridgehead atoms. The van der Waals surface area contributed by atoms with E-state index in [1.807, 2.05) is 26.0 Å². The van der Waals surface area contributed by atoms with E-state index in [4.69, 9.17) is 4.74 Å². The van der Waals surface area contributed by atoms with Crippen LogP contribution in [0.25, 0.3) is 10.8 Å². The van der Waals surface area contributed by atoms with Gasteiger partial charge in [-0.1, -0.05) is 13.8 Å². The zero-order chi connectivity index (χ0) is 17.9. The number of carbonyl (C=O) groups excluding carboxylic acids is 1. The molecule has 0 aliphatic carbocycles. The number of carboxylic acids is 1. The lowest BCUT2D eigenvalue weighted by Crippen LogP contribution is -2.12. The van der Waals surface area contributed by atoms with Crippen LogP contribution in [0.4, 0.5) is 0 Å². The normalized spacial score (nSPS) is 10.2. The Labute approximate surface area is 138 Å². The molecular formula is C18H14N2O4. The van der Waals surface area contributed by atoms with Crippen molar-refractivity contribution in [2.45, 2.75) is 13.8 Å². The smallest absolute Gasteiger partial charge is 0.338 e. The van der Waals surface area contributed by atoms with Crippen molar-refractivity contribution in [3.8, 4) is 12.1 Å². The Morgan fingerprint density at radius 2 is 1.54 bits per heavy atom. The summed E-state index contributed by atoms with van der Waals surface area (Å²) in [7, 11) is 0. The lowest BCUT2D eigenvalue weighted by Gasteiger charge is -2.12. The molecule has 0 amide bonds. The predicted molar refractivity (Wildman–Crippen MR) is 85.5 cm³/mol. The monoisotopic (exact) mass is 322 g/mol. The van der Waals surface area contributed by atoms with Crippen molar-refractivity contribution in [2.24, 2.45) is 5.92 Å². The summed E-state index contributed by atoms with van der Waals surface area (Å²) in [6, 6.07) is 9.18. The van der Waals surface area contributed by atoms with Crippen molar-refractivity contribution < 1.29 is 19.4 Å². The van der Waals surface area contributed by atoms with E-state index < -0.39 is 11.9 Å². The molecule has 0 aliphatic rings. The lowest BCUT2D eigenvalue weighted by molar-refractivity contribution is 0.0461. The van der Waals surface area contributed by atoms with Crippen LogP contribution in [0.2, 0.25) is 0 Å². The molecule has 6 heteroatoms. The van der Waals surface area contributed by atoms with Crippen LogP contribution in [-0.4, -0.2) is 23.7 Å². The maximum atomic E-state index is 12.4. The zero-order valence-corrected chi connectivity index (χ0v) is 13.2. The predicted octanol–water partition coefficient (Wildman–Crippen LogP) is 3.09. The Morgan fingerprint density at radius 1 is 1.04 bits per heavy atom. The van der Waals surface area contributed by atoms with Gasteiger partial charge in [-0.2, -0.15) is 10.5 Å². The first-order valence-electron chi connectivity index (χ1n) is 7.21. The first-order valence-corrected chi connectivity index (χ1v) is 7.21. The molecule has 0 aliphatic heterocycles. The highest BCUT2D eigenvalue weighted by Crippen LogP contribution is 2.30. The summed E-state index contributed by atoms with van der Waals surface area (Å²) in [5, 5.41) is 28.2. The number of hydrogen-bond donors (Lipinski definition) is 1. The van der Waals surface area contributed by atoms with E-state index in [1.54, 1.807) is 0 Å². The Balaban J connectivity index is 2.82. The fourth-order valence-corrected chi connectivity index (χ4v) is 2.35. The number of carbonyl (C=O) groups is 2. The average molecular weight is 322 g/mol. The molecule has 0 aromatic heterocycles. The quantitative estimate of drug-likeness (QED) is 0.866. The first kappa shape index (κ1) is 17.0. The zero-order valence-electron chi connectivity index (χ0n) is 13.2. The number of nitrogens with zero attached hydrogens (tertiary/aromatic N) is 2. The van der Waals surface area contributed by atoms with Crippen LogP contribution in [0.5, 0.6) is 0 Å². The van der Waals surface area contributed by atoms with E-state index in [2.05, 4.69) is 0 Å². The van der Waals surface area contributed by atoms with Gasteiger partial charge in [-0.15, -0.1) is 0 Å². The second-order valence-electron chi connectivity index (χ2n) is 5.59. The fraction of sp³-hybridized carbons (Fsp3) is 0.222. The number of fused-ring (bicyclic) bond motifs is 1. The molecule has 0 saturated heterocycles. The molecule has 24 heavy (non-hydrogen) atoms. The molecule has 0 fully saturated rings. The minimum Gasteiger partial charge on any atom is -0.478 e. The van der Waals surface area contributed by atoms with Crippen LogP contribution in [0, 0.1) is 28.6 Å². The van der Waals surface area contributed by atoms with E-state index in [-0.39, 0.29) is 45.6 Å². The minimum absolute atomic E-state index is 0.0723. The summed E-state index contributed by atoms with van der Waals surface area (Å²) >= 11 is 0. The summed E-state index contributed by atoms with van der Waals surface area (Å²) in [4.78, 5) is 23.8. The molecule has 0 heterocycles. The standard InChI is InChI=1S/C18H14N2O4/c1-10(2)9-24-18(23)14-6-4-11(7-19)15-13(17(21)22)5-3-12(8-20)16(14)15/h3-6,10H,9H2,1-2H3,(H,21,22). The van der Waals surface area contributed by atoms with Crippen molar-refractivity contribution in [2.75, 3.05) is 6.61 Å². The second kappa shape index (κ2) is 6.80. The van der Waals surface area contributed by atoms with Crippen molar-refractivity contribution in [1.29, 1.82) is 10.5 Å². The maximum absolute atomic E-state index is 12.4. The highest BCUT2D eigenvalue weighted by molar-refractivity contribution is 6.14. The van der Waals surface area contributed by atoms with E-state index >= 15 is 0 Å². The fourth-order valence-electron chi connectivity index (χ4n) is 2.35.